The monoisotopic (exact) mass is 180 g/mol. The first-order valence-corrected chi connectivity index (χ1v) is 3.62. The molecular formula is C7H13ClO3. The van der Waals surface area contributed by atoms with E-state index < -0.39 is 10.7 Å². The maximum Gasteiger partial charge on any atom is 0.232 e. The Balaban J connectivity index is 4.13. The Labute approximate surface area is 71.6 Å². The normalized spacial score (nSPS) is 11.6. The summed E-state index contributed by atoms with van der Waals surface area (Å²) >= 11 is 5.34. The minimum atomic E-state index is -0.717. The number of rotatable bonds is 5. The van der Waals surface area contributed by atoms with Gasteiger partial charge < -0.3 is 9.47 Å². The van der Waals surface area contributed by atoms with Crippen LogP contribution in [0.25, 0.3) is 0 Å². The number of hydrogen-bond acceptors (Lipinski definition) is 3. The maximum absolute atomic E-state index is 10.9. The summed E-state index contributed by atoms with van der Waals surface area (Å²) in [5, 5.41) is -0.429. The molecule has 66 valence electrons. The van der Waals surface area contributed by atoms with Crippen molar-refractivity contribution in [2.45, 2.75) is 6.92 Å². The van der Waals surface area contributed by atoms with Gasteiger partial charge >= 0.3 is 0 Å². The molecule has 0 bridgehead atoms. The molecule has 0 aliphatic carbocycles. The van der Waals surface area contributed by atoms with Gasteiger partial charge in [0.15, 0.2) is 0 Å². The molecule has 0 aliphatic heterocycles. The van der Waals surface area contributed by atoms with Gasteiger partial charge in [-0.05, 0) is 18.5 Å². The molecule has 4 heteroatoms. The highest BCUT2D eigenvalue weighted by Gasteiger charge is 2.31. The van der Waals surface area contributed by atoms with Crippen molar-refractivity contribution in [3.63, 3.8) is 0 Å². The quantitative estimate of drug-likeness (QED) is 0.594. The van der Waals surface area contributed by atoms with E-state index in [2.05, 4.69) is 0 Å². The molecule has 0 saturated heterocycles. The van der Waals surface area contributed by atoms with Gasteiger partial charge in [0.1, 0.15) is 0 Å². The molecule has 0 rings (SSSR count). The molecule has 0 heterocycles. The van der Waals surface area contributed by atoms with Crippen molar-refractivity contribution < 1.29 is 14.3 Å². The summed E-state index contributed by atoms with van der Waals surface area (Å²) < 4.78 is 9.67. The van der Waals surface area contributed by atoms with Crippen molar-refractivity contribution in [3.05, 3.63) is 0 Å². The van der Waals surface area contributed by atoms with E-state index in [0.717, 1.165) is 0 Å². The summed E-state index contributed by atoms with van der Waals surface area (Å²) in [5.41, 5.74) is -0.717. The van der Waals surface area contributed by atoms with Crippen LogP contribution in [-0.2, 0) is 14.3 Å². The Morgan fingerprint density at radius 3 is 1.91 bits per heavy atom. The Bertz CT molecular complexity index is 130. The number of halogens is 1. The van der Waals surface area contributed by atoms with E-state index in [9.17, 15) is 4.79 Å². The van der Waals surface area contributed by atoms with Crippen molar-refractivity contribution in [1.29, 1.82) is 0 Å². The first-order chi connectivity index (χ1) is 5.06. The van der Waals surface area contributed by atoms with Crippen LogP contribution in [-0.4, -0.2) is 32.7 Å². The van der Waals surface area contributed by atoms with Gasteiger partial charge in [0.05, 0.1) is 18.6 Å². The molecule has 0 saturated carbocycles. The molecule has 0 aromatic heterocycles. The Hall–Kier alpha value is -0.120. The second-order valence-corrected chi connectivity index (χ2v) is 3.04. The van der Waals surface area contributed by atoms with Gasteiger partial charge in [-0.15, -0.1) is 0 Å². The van der Waals surface area contributed by atoms with E-state index in [-0.39, 0.29) is 13.2 Å². The zero-order valence-corrected chi connectivity index (χ0v) is 7.77. The van der Waals surface area contributed by atoms with E-state index in [0.29, 0.717) is 0 Å². The van der Waals surface area contributed by atoms with Gasteiger partial charge in [-0.3, -0.25) is 4.79 Å². The van der Waals surface area contributed by atoms with Crippen LogP contribution in [0.5, 0.6) is 0 Å². The van der Waals surface area contributed by atoms with Crippen LogP contribution in [0.15, 0.2) is 0 Å². The Morgan fingerprint density at radius 2 is 1.73 bits per heavy atom. The van der Waals surface area contributed by atoms with Crippen LogP contribution in [0.3, 0.4) is 0 Å². The summed E-state index contributed by atoms with van der Waals surface area (Å²) in [6.07, 6.45) is 0. The molecule has 0 N–H and O–H groups in total. The van der Waals surface area contributed by atoms with E-state index in [1.165, 1.54) is 14.2 Å². The fourth-order valence-electron chi connectivity index (χ4n) is 0.792. The minimum Gasteiger partial charge on any atom is -0.384 e. The molecule has 0 aliphatic rings. The lowest BCUT2D eigenvalue weighted by molar-refractivity contribution is -0.125. The van der Waals surface area contributed by atoms with E-state index in [1.54, 1.807) is 6.92 Å². The largest absolute Gasteiger partial charge is 0.384 e. The summed E-state index contributed by atoms with van der Waals surface area (Å²) in [6, 6.07) is 0. The van der Waals surface area contributed by atoms with Crippen LogP contribution in [0.4, 0.5) is 0 Å². The SMILES string of the molecule is COCC(C)(COC)C(=O)Cl. The van der Waals surface area contributed by atoms with Crippen LogP contribution in [0.1, 0.15) is 6.92 Å². The lowest BCUT2D eigenvalue weighted by atomic mass is 9.95. The number of carbonyl (C=O) groups excluding carboxylic acids is 1. The number of carbonyl (C=O) groups is 1. The van der Waals surface area contributed by atoms with Gasteiger partial charge in [0.25, 0.3) is 0 Å². The predicted octanol–water partition coefficient (Wildman–Crippen LogP) is 1.05. The zero-order valence-electron chi connectivity index (χ0n) is 7.02. The molecular weight excluding hydrogens is 168 g/mol. The zero-order chi connectivity index (χ0) is 8.91. The van der Waals surface area contributed by atoms with E-state index >= 15 is 0 Å². The summed E-state index contributed by atoms with van der Waals surface area (Å²) in [7, 11) is 3.04. The molecule has 0 unspecified atom stereocenters. The molecule has 0 spiro atoms. The number of hydrogen-bond donors (Lipinski definition) is 0. The average molecular weight is 181 g/mol. The Kier molecular flexibility index (Phi) is 4.65. The summed E-state index contributed by atoms with van der Waals surface area (Å²) in [6.45, 7) is 2.27. The molecule has 11 heavy (non-hydrogen) atoms. The third-order valence-corrected chi connectivity index (χ3v) is 1.86. The van der Waals surface area contributed by atoms with Crippen molar-refractivity contribution in [2.75, 3.05) is 27.4 Å². The predicted molar refractivity (Wildman–Crippen MR) is 42.7 cm³/mol. The molecule has 0 fully saturated rings. The molecule has 0 amide bonds. The molecule has 0 atom stereocenters. The maximum atomic E-state index is 10.9. The third-order valence-electron chi connectivity index (χ3n) is 1.40. The highest BCUT2D eigenvalue weighted by molar-refractivity contribution is 6.64. The van der Waals surface area contributed by atoms with Crippen LogP contribution < -0.4 is 0 Å². The van der Waals surface area contributed by atoms with Crippen LogP contribution in [0.2, 0.25) is 0 Å². The van der Waals surface area contributed by atoms with Crippen molar-refractivity contribution in [1.82, 2.24) is 0 Å². The first-order valence-electron chi connectivity index (χ1n) is 3.24. The van der Waals surface area contributed by atoms with Gasteiger partial charge in [-0.1, -0.05) is 0 Å². The smallest absolute Gasteiger partial charge is 0.232 e. The second-order valence-electron chi connectivity index (χ2n) is 2.70. The standard InChI is InChI=1S/C7H13ClO3/c1-7(4-10-2,5-11-3)6(8)9/h4-5H2,1-3H3. The Morgan fingerprint density at radius 1 is 1.36 bits per heavy atom. The second kappa shape index (κ2) is 4.70. The van der Waals surface area contributed by atoms with Crippen LogP contribution >= 0.6 is 11.6 Å². The lowest BCUT2D eigenvalue weighted by Crippen LogP contribution is -2.34. The minimum absolute atomic E-state index is 0.281. The van der Waals surface area contributed by atoms with Gasteiger partial charge in [0.2, 0.25) is 5.24 Å². The fraction of sp³-hybridized carbons (Fsp3) is 0.857. The fourth-order valence-corrected chi connectivity index (χ4v) is 0.901. The lowest BCUT2D eigenvalue weighted by Gasteiger charge is -2.22. The summed E-state index contributed by atoms with van der Waals surface area (Å²) in [4.78, 5) is 10.9. The number of methoxy groups -OCH3 is 2. The highest BCUT2D eigenvalue weighted by Crippen LogP contribution is 2.20. The van der Waals surface area contributed by atoms with Crippen molar-refractivity contribution >= 4 is 16.8 Å². The van der Waals surface area contributed by atoms with E-state index in [4.69, 9.17) is 21.1 Å². The first kappa shape index (κ1) is 10.9. The van der Waals surface area contributed by atoms with Crippen molar-refractivity contribution in [3.8, 4) is 0 Å². The van der Waals surface area contributed by atoms with Gasteiger partial charge in [-0.2, -0.15) is 0 Å². The highest BCUT2D eigenvalue weighted by atomic mass is 35.5. The average Bonchev–Trinajstić information content (AvgIpc) is 1.88. The van der Waals surface area contributed by atoms with Gasteiger partial charge in [0, 0.05) is 14.2 Å². The third kappa shape index (κ3) is 3.18. The van der Waals surface area contributed by atoms with Gasteiger partial charge in [-0.25, -0.2) is 0 Å². The number of ether oxygens (including phenoxy) is 2. The summed E-state index contributed by atoms with van der Waals surface area (Å²) in [5.74, 6) is 0. The van der Waals surface area contributed by atoms with Crippen molar-refractivity contribution in [2.24, 2.45) is 5.41 Å². The molecule has 3 nitrogen and oxygen atoms in total. The molecule has 0 aromatic rings. The van der Waals surface area contributed by atoms with E-state index in [1.807, 2.05) is 0 Å². The molecule has 0 aromatic carbocycles. The topological polar surface area (TPSA) is 35.5 Å². The van der Waals surface area contributed by atoms with Crippen LogP contribution in [0, 0.1) is 5.41 Å². The molecule has 0 radical (unpaired) electrons.